The van der Waals surface area contributed by atoms with Gasteiger partial charge in [0, 0.05) is 14.0 Å². The third-order valence-corrected chi connectivity index (χ3v) is 2.45. The highest BCUT2D eigenvalue weighted by Crippen LogP contribution is 2.21. The van der Waals surface area contributed by atoms with Crippen LogP contribution in [0.5, 0.6) is 0 Å². The van der Waals surface area contributed by atoms with E-state index in [0.29, 0.717) is 0 Å². The Morgan fingerprint density at radius 3 is 2.47 bits per heavy atom. The van der Waals surface area contributed by atoms with E-state index in [4.69, 9.17) is 9.47 Å². The molecule has 15 heavy (non-hydrogen) atoms. The first kappa shape index (κ1) is 12.4. The molecule has 0 aromatic heterocycles. The van der Waals surface area contributed by atoms with E-state index in [-0.39, 0.29) is 5.91 Å². The molecule has 1 saturated heterocycles. The summed E-state index contributed by atoms with van der Waals surface area (Å²) in [6, 6.07) is -0.621. The van der Waals surface area contributed by atoms with Crippen molar-refractivity contribution in [1.29, 1.82) is 0 Å². The van der Waals surface area contributed by atoms with Gasteiger partial charge in [0.15, 0.2) is 6.29 Å². The number of carbonyl (C=O) groups is 1. The Morgan fingerprint density at radius 1 is 1.40 bits per heavy atom. The van der Waals surface area contributed by atoms with E-state index in [1.165, 1.54) is 14.0 Å². The Bertz CT molecular complexity index is 235. The van der Waals surface area contributed by atoms with Crippen molar-refractivity contribution in [2.24, 2.45) is 0 Å². The van der Waals surface area contributed by atoms with Crippen LogP contribution in [0.2, 0.25) is 0 Å². The number of aliphatic hydroxyl groups excluding tert-OH is 2. The predicted molar refractivity (Wildman–Crippen MR) is 51.0 cm³/mol. The maximum absolute atomic E-state index is 10.9. The summed E-state index contributed by atoms with van der Waals surface area (Å²) in [7, 11) is 1.38. The molecule has 5 unspecified atom stereocenters. The van der Waals surface area contributed by atoms with E-state index in [1.54, 1.807) is 6.92 Å². The SMILES string of the molecule is COC1OC(C)C(NC(C)=O)C(O)C1O. The van der Waals surface area contributed by atoms with Gasteiger partial charge in [0.05, 0.1) is 12.1 Å². The molecule has 1 heterocycles. The van der Waals surface area contributed by atoms with Crippen LogP contribution in [-0.4, -0.2) is 53.9 Å². The van der Waals surface area contributed by atoms with Crippen LogP contribution in [0.4, 0.5) is 0 Å². The topological polar surface area (TPSA) is 88.0 Å². The van der Waals surface area contributed by atoms with Crippen molar-refractivity contribution < 1.29 is 24.5 Å². The minimum Gasteiger partial charge on any atom is -0.388 e. The second-order valence-corrected chi connectivity index (χ2v) is 3.65. The van der Waals surface area contributed by atoms with Crippen LogP contribution in [-0.2, 0) is 14.3 Å². The fraction of sp³-hybridized carbons (Fsp3) is 0.889. The Morgan fingerprint density at radius 2 is 2.00 bits per heavy atom. The summed E-state index contributed by atoms with van der Waals surface area (Å²) in [5.74, 6) is -0.280. The van der Waals surface area contributed by atoms with Gasteiger partial charge in [-0.1, -0.05) is 0 Å². The van der Waals surface area contributed by atoms with Gasteiger partial charge in [-0.2, -0.15) is 0 Å². The number of amides is 1. The second-order valence-electron chi connectivity index (χ2n) is 3.65. The summed E-state index contributed by atoms with van der Waals surface area (Å²) in [5.41, 5.74) is 0. The molecule has 5 atom stereocenters. The fourth-order valence-corrected chi connectivity index (χ4v) is 1.66. The summed E-state index contributed by atoms with van der Waals surface area (Å²) in [6.07, 6.45) is -3.54. The van der Waals surface area contributed by atoms with Gasteiger partial charge in [-0.05, 0) is 6.92 Å². The number of nitrogens with one attached hydrogen (secondary N) is 1. The first-order chi connectivity index (χ1) is 6.97. The number of methoxy groups -OCH3 is 1. The molecule has 0 bridgehead atoms. The number of hydrogen-bond donors (Lipinski definition) is 3. The molecule has 1 aliphatic rings. The molecule has 1 aliphatic heterocycles. The zero-order valence-corrected chi connectivity index (χ0v) is 9.01. The van der Waals surface area contributed by atoms with E-state index in [1.807, 2.05) is 0 Å². The predicted octanol–water partition coefficient (Wildman–Crippen LogP) is -1.40. The van der Waals surface area contributed by atoms with Crippen LogP contribution in [0, 0.1) is 0 Å². The summed E-state index contributed by atoms with van der Waals surface area (Å²) in [6.45, 7) is 3.04. The number of hydrogen-bond acceptors (Lipinski definition) is 5. The van der Waals surface area contributed by atoms with Gasteiger partial charge in [-0.15, -0.1) is 0 Å². The van der Waals surface area contributed by atoms with Gasteiger partial charge in [0.25, 0.3) is 0 Å². The van der Waals surface area contributed by atoms with Crippen LogP contribution in [0.15, 0.2) is 0 Å². The van der Waals surface area contributed by atoms with Gasteiger partial charge >= 0.3 is 0 Å². The van der Waals surface area contributed by atoms with Crippen LogP contribution in [0.1, 0.15) is 13.8 Å². The van der Waals surface area contributed by atoms with Crippen molar-refractivity contribution in [3.05, 3.63) is 0 Å². The highest BCUT2D eigenvalue weighted by molar-refractivity contribution is 5.73. The maximum Gasteiger partial charge on any atom is 0.217 e. The van der Waals surface area contributed by atoms with E-state index >= 15 is 0 Å². The summed E-state index contributed by atoms with van der Waals surface area (Å²) >= 11 is 0. The Labute approximate surface area is 88.2 Å². The lowest BCUT2D eigenvalue weighted by Gasteiger charge is -2.40. The first-order valence-corrected chi connectivity index (χ1v) is 4.79. The van der Waals surface area contributed by atoms with Crippen molar-refractivity contribution in [2.45, 2.75) is 44.5 Å². The lowest BCUT2D eigenvalue weighted by molar-refractivity contribution is -0.263. The Hall–Kier alpha value is -0.690. The molecule has 0 radical (unpaired) electrons. The number of ether oxygens (including phenoxy) is 2. The zero-order chi connectivity index (χ0) is 11.6. The third kappa shape index (κ3) is 2.66. The largest absolute Gasteiger partial charge is 0.388 e. The molecule has 3 N–H and O–H groups in total. The smallest absolute Gasteiger partial charge is 0.217 e. The van der Waals surface area contributed by atoms with Crippen LogP contribution in [0.3, 0.4) is 0 Å². The normalized spacial score (nSPS) is 41.3. The summed E-state index contributed by atoms with van der Waals surface area (Å²) in [5, 5.41) is 21.8. The van der Waals surface area contributed by atoms with E-state index < -0.39 is 30.6 Å². The quantitative estimate of drug-likeness (QED) is 0.532. The molecule has 0 spiro atoms. The number of rotatable bonds is 2. The number of aliphatic hydroxyl groups is 2. The average Bonchev–Trinajstić information content (AvgIpc) is 2.18. The van der Waals surface area contributed by atoms with Crippen LogP contribution in [0.25, 0.3) is 0 Å². The standard InChI is InChI=1S/C9H17NO5/c1-4-6(10-5(2)11)7(12)8(13)9(14-3)15-4/h4,6-9,12-13H,1-3H3,(H,10,11). The molecule has 88 valence electrons. The van der Waals surface area contributed by atoms with E-state index in [9.17, 15) is 15.0 Å². The molecular weight excluding hydrogens is 202 g/mol. The van der Waals surface area contributed by atoms with Crippen molar-refractivity contribution in [3.8, 4) is 0 Å². The Kier molecular flexibility index (Phi) is 4.04. The average molecular weight is 219 g/mol. The van der Waals surface area contributed by atoms with Crippen molar-refractivity contribution in [3.63, 3.8) is 0 Å². The maximum atomic E-state index is 10.9. The summed E-state index contributed by atoms with van der Waals surface area (Å²) in [4.78, 5) is 10.9. The van der Waals surface area contributed by atoms with Crippen LogP contribution >= 0.6 is 0 Å². The molecule has 1 rings (SSSR count). The molecule has 0 aromatic carbocycles. The van der Waals surface area contributed by atoms with Gasteiger partial charge < -0.3 is 25.0 Å². The van der Waals surface area contributed by atoms with E-state index in [2.05, 4.69) is 5.32 Å². The highest BCUT2D eigenvalue weighted by atomic mass is 16.7. The summed E-state index contributed by atoms with van der Waals surface area (Å²) < 4.78 is 10.1. The first-order valence-electron chi connectivity index (χ1n) is 4.79. The van der Waals surface area contributed by atoms with Crippen LogP contribution < -0.4 is 5.32 Å². The molecule has 0 aromatic rings. The zero-order valence-electron chi connectivity index (χ0n) is 9.01. The molecule has 1 fully saturated rings. The van der Waals surface area contributed by atoms with Gasteiger partial charge in [0.2, 0.25) is 5.91 Å². The monoisotopic (exact) mass is 219 g/mol. The minimum absolute atomic E-state index is 0.280. The molecule has 0 saturated carbocycles. The molecular formula is C9H17NO5. The number of carbonyl (C=O) groups excluding carboxylic acids is 1. The second kappa shape index (κ2) is 4.89. The van der Waals surface area contributed by atoms with Crippen molar-refractivity contribution in [2.75, 3.05) is 7.11 Å². The minimum atomic E-state index is -1.16. The molecule has 6 heteroatoms. The lowest BCUT2D eigenvalue weighted by atomic mass is 9.97. The van der Waals surface area contributed by atoms with Gasteiger partial charge in [-0.3, -0.25) is 4.79 Å². The van der Waals surface area contributed by atoms with Gasteiger partial charge in [-0.25, -0.2) is 0 Å². The molecule has 6 nitrogen and oxygen atoms in total. The third-order valence-electron chi connectivity index (χ3n) is 2.45. The van der Waals surface area contributed by atoms with Crippen molar-refractivity contribution >= 4 is 5.91 Å². The van der Waals surface area contributed by atoms with Crippen molar-refractivity contribution in [1.82, 2.24) is 5.32 Å². The van der Waals surface area contributed by atoms with Gasteiger partial charge in [0.1, 0.15) is 12.2 Å². The fourth-order valence-electron chi connectivity index (χ4n) is 1.66. The molecule has 0 aliphatic carbocycles. The van der Waals surface area contributed by atoms with E-state index in [0.717, 1.165) is 0 Å². The molecule has 1 amide bonds. The highest BCUT2D eigenvalue weighted by Gasteiger charge is 2.43. The Balaban J connectivity index is 2.70. The lowest BCUT2D eigenvalue weighted by Crippen LogP contribution is -2.62.